The minimum atomic E-state index is -4.65. The second kappa shape index (κ2) is 6.42. The van der Waals surface area contributed by atoms with Gasteiger partial charge in [-0.05, 0) is 23.6 Å². The first-order chi connectivity index (χ1) is 12.9. The summed E-state index contributed by atoms with van der Waals surface area (Å²) in [5.74, 6) is -1.64. The molecule has 0 radical (unpaired) electrons. The highest BCUT2D eigenvalue weighted by molar-refractivity contribution is 6.02. The number of aromatic nitrogens is 2. The molecule has 1 aromatic heterocycles. The second-order valence-electron chi connectivity index (χ2n) is 6.08. The average Bonchev–Trinajstić information content (AvgIpc) is 3.01. The lowest BCUT2D eigenvalue weighted by Gasteiger charge is -2.13. The number of nitrogens with one attached hydrogen (secondary N) is 1. The van der Waals surface area contributed by atoms with Crippen LogP contribution < -0.4 is 5.32 Å². The third-order valence-corrected chi connectivity index (χ3v) is 4.27. The van der Waals surface area contributed by atoms with E-state index in [4.69, 9.17) is 0 Å². The van der Waals surface area contributed by atoms with Gasteiger partial charge in [0.2, 0.25) is 11.7 Å². The molecule has 7 heteroatoms. The van der Waals surface area contributed by atoms with Crippen LogP contribution in [-0.4, -0.2) is 15.5 Å². The Kier molecular flexibility index (Phi) is 4.07. The molecule has 0 fully saturated rings. The maximum Gasteiger partial charge on any atom is 0.449 e. The molecular weight excluding hydrogens is 355 g/mol. The Balaban J connectivity index is 1.69. The van der Waals surface area contributed by atoms with Crippen LogP contribution in [0.4, 0.5) is 18.9 Å². The van der Waals surface area contributed by atoms with Gasteiger partial charge >= 0.3 is 6.18 Å². The van der Waals surface area contributed by atoms with E-state index in [2.05, 4.69) is 10.3 Å². The van der Waals surface area contributed by atoms with Gasteiger partial charge in [0.05, 0.1) is 11.0 Å². The fourth-order valence-corrected chi connectivity index (χ4v) is 3.12. The molecule has 0 unspecified atom stereocenters. The number of nitrogens with zero attached hydrogens (tertiary/aromatic N) is 2. The molecule has 0 saturated heterocycles. The molecule has 0 aliphatic heterocycles. The minimum absolute atomic E-state index is 0.197. The van der Waals surface area contributed by atoms with Gasteiger partial charge in [0.1, 0.15) is 6.54 Å². The van der Waals surface area contributed by atoms with Crippen molar-refractivity contribution in [3.8, 4) is 0 Å². The number of anilines is 1. The number of fused-ring (bicyclic) bond motifs is 2. The zero-order valence-electron chi connectivity index (χ0n) is 14.0. The van der Waals surface area contributed by atoms with Crippen LogP contribution in [0.2, 0.25) is 0 Å². The highest BCUT2D eigenvalue weighted by atomic mass is 19.4. The van der Waals surface area contributed by atoms with E-state index in [1.54, 1.807) is 24.3 Å². The Labute approximate surface area is 152 Å². The van der Waals surface area contributed by atoms with E-state index in [0.717, 1.165) is 15.3 Å². The van der Waals surface area contributed by atoms with E-state index in [0.29, 0.717) is 5.69 Å². The highest BCUT2D eigenvalue weighted by Crippen LogP contribution is 2.31. The number of para-hydroxylation sites is 2. The van der Waals surface area contributed by atoms with Gasteiger partial charge in [0.25, 0.3) is 0 Å². The second-order valence-corrected chi connectivity index (χ2v) is 6.08. The first-order valence-electron chi connectivity index (χ1n) is 8.23. The molecule has 1 amide bonds. The van der Waals surface area contributed by atoms with Crippen LogP contribution in [0.25, 0.3) is 21.8 Å². The van der Waals surface area contributed by atoms with Crippen LogP contribution in [0.15, 0.2) is 66.7 Å². The van der Waals surface area contributed by atoms with Crippen LogP contribution >= 0.6 is 0 Å². The maximum atomic E-state index is 13.4. The number of amides is 1. The molecule has 1 heterocycles. The summed E-state index contributed by atoms with van der Waals surface area (Å²) < 4.78 is 41.0. The summed E-state index contributed by atoms with van der Waals surface area (Å²) in [4.78, 5) is 16.2. The molecule has 0 spiro atoms. The lowest BCUT2D eigenvalue weighted by molar-refractivity contribution is -0.147. The van der Waals surface area contributed by atoms with Gasteiger partial charge in [-0.15, -0.1) is 0 Å². The number of carbonyl (C=O) groups is 1. The van der Waals surface area contributed by atoms with Crippen molar-refractivity contribution in [1.82, 2.24) is 9.55 Å². The fourth-order valence-electron chi connectivity index (χ4n) is 3.12. The Morgan fingerprint density at radius 1 is 0.963 bits per heavy atom. The molecule has 27 heavy (non-hydrogen) atoms. The molecule has 0 bridgehead atoms. The van der Waals surface area contributed by atoms with Gasteiger partial charge in [0, 0.05) is 11.1 Å². The van der Waals surface area contributed by atoms with Crippen molar-refractivity contribution in [2.45, 2.75) is 12.7 Å². The van der Waals surface area contributed by atoms with Crippen molar-refractivity contribution in [2.75, 3.05) is 5.32 Å². The number of alkyl halides is 3. The molecule has 0 saturated carbocycles. The number of halogens is 3. The van der Waals surface area contributed by atoms with E-state index < -0.39 is 24.5 Å². The summed E-state index contributed by atoms with van der Waals surface area (Å²) in [7, 11) is 0. The van der Waals surface area contributed by atoms with Crippen LogP contribution in [0.3, 0.4) is 0 Å². The van der Waals surface area contributed by atoms with Crippen LogP contribution in [0, 0.1) is 0 Å². The van der Waals surface area contributed by atoms with E-state index in [-0.39, 0.29) is 11.0 Å². The van der Waals surface area contributed by atoms with Crippen LogP contribution in [0.1, 0.15) is 5.82 Å². The number of benzene rings is 3. The van der Waals surface area contributed by atoms with Gasteiger partial charge in [-0.1, -0.05) is 48.5 Å². The van der Waals surface area contributed by atoms with Crippen molar-refractivity contribution in [2.24, 2.45) is 0 Å². The highest BCUT2D eigenvalue weighted by Gasteiger charge is 2.38. The number of rotatable bonds is 3. The molecule has 0 aliphatic carbocycles. The van der Waals surface area contributed by atoms with Crippen LogP contribution in [0.5, 0.6) is 0 Å². The Morgan fingerprint density at radius 2 is 1.67 bits per heavy atom. The lowest BCUT2D eigenvalue weighted by Crippen LogP contribution is -2.23. The van der Waals surface area contributed by atoms with Crippen molar-refractivity contribution in [1.29, 1.82) is 0 Å². The van der Waals surface area contributed by atoms with Gasteiger partial charge in [-0.3, -0.25) is 4.79 Å². The first kappa shape index (κ1) is 17.1. The monoisotopic (exact) mass is 369 g/mol. The molecule has 136 valence electrons. The predicted octanol–water partition coefficient (Wildman–Crippen LogP) is 4.85. The Morgan fingerprint density at radius 3 is 2.48 bits per heavy atom. The third-order valence-electron chi connectivity index (χ3n) is 4.27. The van der Waals surface area contributed by atoms with Crippen molar-refractivity contribution < 1.29 is 18.0 Å². The maximum absolute atomic E-state index is 13.4. The Hall–Kier alpha value is -3.35. The van der Waals surface area contributed by atoms with E-state index >= 15 is 0 Å². The predicted molar refractivity (Wildman–Crippen MR) is 97.3 cm³/mol. The number of imidazole rings is 1. The SMILES string of the molecule is O=C(Cn1c(C(F)(F)F)nc2ccccc21)Nc1cccc2ccccc12. The van der Waals surface area contributed by atoms with Gasteiger partial charge in [-0.2, -0.15) is 13.2 Å². The summed E-state index contributed by atoms with van der Waals surface area (Å²) in [5.41, 5.74) is 1.01. The number of carbonyl (C=O) groups excluding carboxylic acids is 1. The third kappa shape index (κ3) is 3.23. The summed E-state index contributed by atoms with van der Waals surface area (Å²) in [6.07, 6.45) is -4.65. The molecule has 0 aliphatic rings. The molecule has 0 atom stereocenters. The largest absolute Gasteiger partial charge is 0.449 e. The molecule has 4 nitrogen and oxygen atoms in total. The van der Waals surface area contributed by atoms with Gasteiger partial charge in [0.15, 0.2) is 0 Å². The summed E-state index contributed by atoms with van der Waals surface area (Å²) in [5, 5.41) is 4.46. The van der Waals surface area contributed by atoms with Crippen LogP contribution in [-0.2, 0) is 17.5 Å². The molecule has 3 aromatic carbocycles. The lowest BCUT2D eigenvalue weighted by atomic mass is 10.1. The van der Waals surface area contributed by atoms with E-state index in [1.807, 2.05) is 30.3 Å². The molecule has 4 rings (SSSR count). The number of hydrogen-bond donors (Lipinski definition) is 1. The quantitative estimate of drug-likeness (QED) is 0.561. The Bertz CT molecular complexity index is 1140. The zero-order chi connectivity index (χ0) is 19.0. The van der Waals surface area contributed by atoms with E-state index in [1.165, 1.54) is 12.1 Å². The summed E-state index contributed by atoms with van der Waals surface area (Å²) in [6, 6.07) is 19.1. The van der Waals surface area contributed by atoms with Crippen molar-refractivity contribution in [3.05, 3.63) is 72.6 Å². The van der Waals surface area contributed by atoms with E-state index in [9.17, 15) is 18.0 Å². The smallest absolute Gasteiger partial charge is 0.324 e. The standard InChI is InChI=1S/C20H14F3N3O/c21-20(22,23)19-25-16-9-3-4-11-17(16)26(19)12-18(27)24-15-10-5-7-13-6-1-2-8-14(13)15/h1-11H,12H2,(H,24,27). The summed E-state index contributed by atoms with van der Waals surface area (Å²) in [6.45, 7) is -0.488. The molecule has 1 N–H and O–H groups in total. The number of hydrogen-bond acceptors (Lipinski definition) is 2. The molecular formula is C20H14F3N3O. The molecule has 4 aromatic rings. The normalized spacial score (nSPS) is 11.8. The first-order valence-corrected chi connectivity index (χ1v) is 8.23. The summed E-state index contributed by atoms with van der Waals surface area (Å²) >= 11 is 0. The van der Waals surface area contributed by atoms with Crippen molar-refractivity contribution >= 4 is 33.4 Å². The minimum Gasteiger partial charge on any atom is -0.324 e. The van der Waals surface area contributed by atoms with Gasteiger partial charge < -0.3 is 9.88 Å². The average molecular weight is 369 g/mol. The van der Waals surface area contributed by atoms with Gasteiger partial charge in [-0.25, -0.2) is 4.98 Å². The fraction of sp³-hybridized carbons (Fsp3) is 0.100. The van der Waals surface area contributed by atoms with Crippen molar-refractivity contribution in [3.63, 3.8) is 0 Å². The zero-order valence-corrected chi connectivity index (χ0v) is 14.0. The topological polar surface area (TPSA) is 46.9 Å².